The van der Waals surface area contributed by atoms with Crippen LogP contribution in [0.5, 0.6) is 0 Å². The molecule has 6 heteroatoms. The Morgan fingerprint density at radius 1 is 1.37 bits per heavy atom. The summed E-state index contributed by atoms with van der Waals surface area (Å²) in [7, 11) is 0. The van der Waals surface area contributed by atoms with Crippen molar-refractivity contribution >= 4 is 35.6 Å². The van der Waals surface area contributed by atoms with Crippen molar-refractivity contribution in [3.8, 4) is 0 Å². The number of hydrogen-bond acceptors (Lipinski definition) is 2. The average Bonchev–Trinajstić information content (AvgIpc) is 2.81. The maximum Gasteiger partial charge on any atom is 0.109 e. The van der Waals surface area contributed by atoms with E-state index in [-0.39, 0.29) is 12.4 Å². The van der Waals surface area contributed by atoms with Crippen molar-refractivity contribution < 1.29 is 5.11 Å². The maximum atomic E-state index is 10.8. The standard InChI is InChI=1S/C13H14Cl2N2O.ClH/c1-2-13(18,8-17-6-5-16-9-17)11-4-3-10(14)7-12(11)15;/h3-7,9,18H,2,8H2,1H3;1H. The highest BCUT2D eigenvalue weighted by Crippen LogP contribution is 2.34. The fourth-order valence-electron chi connectivity index (χ4n) is 1.94. The quantitative estimate of drug-likeness (QED) is 0.927. The first-order valence-electron chi connectivity index (χ1n) is 5.69. The molecule has 1 aromatic heterocycles. The third-order valence-electron chi connectivity index (χ3n) is 3.02. The van der Waals surface area contributed by atoms with Crippen molar-refractivity contribution in [3.63, 3.8) is 0 Å². The van der Waals surface area contributed by atoms with E-state index in [0.29, 0.717) is 28.6 Å². The summed E-state index contributed by atoms with van der Waals surface area (Å²) in [5.41, 5.74) is -0.340. The lowest BCUT2D eigenvalue weighted by molar-refractivity contribution is 0.0144. The van der Waals surface area contributed by atoms with Crippen molar-refractivity contribution in [3.05, 3.63) is 52.5 Å². The van der Waals surface area contributed by atoms with Crippen molar-refractivity contribution in [2.24, 2.45) is 0 Å². The number of nitrogens with zero attached hydrogens (tertiary/aromatic N) is 2. The highest BCUT2D eigenvalue weighted by Gasteiger charge is 2.30. The predicted molar refractivity (Wildman–Crippen MR) is 80.1 cm³/mol. The Bertz CT molecular complexity index is 531. The molecule has 0 saturated heterocycles. The van der Waals surface area contributed by atoms with Gasteiger partial charge in [0.1, 0.15) is 5.60 Å². The molecule has 1 aromatic carbocycles. The minimum absolute atomic E-state index is 0. The molecular formula is C13H15Cl3N2O. The summed E-state index contributed by atoms with van der Waals surface area (Å²) < 4.78 is 1.83. The number of aliphatic hydroxyl groups is 1. The molecule has 0 bridgehead atoms. The Morgan fingerprint density at radius 2 is 2.11 bits per heavy atom. The maximum absolute atomic E-state index is 10.8. The molecule has 19 heavy (non-hydrogen) atoms. The first-order valence-corrected chi connectivity index (χ1v) is 6.44. The molecule has 0 spiro atoms. The first-order chi connectivity index (χ1) is 8.55. The van der Waals surface area contributed by atoms with Gasteiger partial charge in [-0.15, -0.1) is 12.4 Å². The zero-order valence-electron chi connectivity index (χ0n) is 10.4. The van der Waals surface area contributed by atoms with Gasteiger partial charge >= 0.3 is 0 Å². The summed E-state index contributed by atoms with van der Waals surface area (Å²) in [6.07, 6.45) is 5.71. The molecule has 1 unspecified atom stereocenters. The molecule has 1 heterocycles. The SMILES string of the molecule is CCC(O)(Cn1ccnc1)c1ccc(Cl)cc1Cl.Cl. The van der Waals surface area contributed by atoms with Crippen LogP contribution >= 0.6 is 35.6 Å². The van der Waals surface area contributed by atoms with Crippen molar-refractivity contribution in [1.82, 2.24) is 9.55 Å². The van der Waals surface area contributed by atoms with Gasteiger partial charge in [0.05, 0.1) is 12.9 Å². The van der Waals surface area contributed by atoms with Crippen LogP contribution in [0.4, 0.5) is 0 Å². The molecule has 0 aliphatic heterocycles. The summed E-state index contributed by atoms with van der Waals surface area (Å²) in [4.78, 5) is 3.97. The molecular weight excluding hydrogens is 307 g/mol. The highest BCUT2D eigenvalue weighted by molar-refractivity contribution is 6.35. The highest BCUT2D eigenvalue weighted by atomic mass is 35.5. The topological polar surface area (TPSA) is 38.0 Å². The molecule has 3 nitrogen and oxygen atoms in total. The van der Waals surface area contributed by atoms with E-state index in [0.717, 1.165) is 0 Å². The van der Waals surface area contributed by atoms with E-state index in [4.69, 9.17) is 23.2 Å². The minimum atomic E-state index is -1.03. The Kier molecular flexibility index (Phi) is 5.68. The second-order valence-corrected chi connectivity index (χ2v) is 5.09. The van der Waals surface area contributed by atoms with Crippen LogP contribution in [-0.2, 0) is 12.1 Å². The van der Waals surface area contributed by atoms with Gasteiger partial charge in [0, 0.05) is 28.0 Å². The fraction of sp³-hybridized carbons (Fsp3) is 0.308. The smallest absolute Gasteiger partial charge is 0.109 e. The van der Waals surface area contributed by atoms with E-state index in [9.17, 15) is 5.11 Å². The fourth-order valence-corrected chi connectivity index (χ4v) is 2.52. The first kappa shape index (κ1) is 16.3. The van der Waals surface area contributed by atoms with Gasteiger partial charge in [-0.3, -0.25) is 0 Å². The summed E-state index contributed by atoms with van der Waals surface area (Å²) in [5, 5.41) is 11.8. The lowest BCUT2D eigenvalue weighted by Crippen LogP contribution is -2.30. The van der Waals surface area contributed by atoms with Gasteiger partial charge in [-0.05, 0) is 18.6 Å². The normalized spacial score (nSPS) is 13.7. The summed E-state index contributed by atoms with van der Waals surface area (Å²) in [6.45, 7) is 2.33. The number of aromatic nitrogens is 2. The molecule has 0 radical (unpaired) electrons. The zero-order valence-corrected chi connectivity index (χ0v) is 12.7. The van der Waals surface area contributed by atoms with Crippen LogP contribution in [0.3, 0.4) is 0 Å². The van der Waals surface area contributed by atoms with Crippen LogP contribution in [0.25, 0.3) is 0 Å². The van der Waals surface area contributed by atoms with Gasteiger partial charge in [0.15, 0.2) is 0 Å². The predicted octanol–water partition coefficient (Wildman–Crippen LogP) is 3.91. The Labute approximate surface area is 128 Å². The largest absolute Gasteiger partial charge is 0.383 e. The number of rotatable bonds is 4. The molecule has 0 aliphatic rings. The van der Waals surface area contributed by atoms with Gasteiger partial charge < -0.3 is 9.67 Å². The molecule has 2 rings (SSSR count). The lowest BCUT2D eigenvalue weighted by Gasteiger charge is -2.28. The number of hydrogen-bond donors (Lipinski definition) is 1. The molecule has 0 amide bonds. The van der Waals surface area contributed by atoms with Gasteiger partial charge in [-0.2, -0.15) is 0 Å². The van der Waals surface area contributed by atoms with Crippen molar-refractivity contribution in [2.45, 2.75) is 25.5 Å². The third kappa shape index (κ3) is 3.63. The van der Waals surface area contributed by atoms with E-state index < -0.39 is 5.60 Å². The molecule has 0 aliphatic carbocycles. The Balaban J connectivity index is 0.00000180. The Morgan fingerprint density at radius 3 is 2.63 bits per heavy atom. The van der Waals surface area contributed by atoms with E-state index >= 15 is 0 Å². The van der Waals surface area contributed by atoms with E-state index in [1.807, 2.05) is 17.7 Å². The van der Waals surface area contributed by atoms with Crippen LogP contribution in [-0.4, -0.2) is 14.7 Å². The molecule has 2 aromatic rings. The van der Waals surface area contributed by atoms with Crippen LogP contribution < -0.4 is 0 Å². The van der Waals surface area contributed by atoms with Crippen LogP contribution in [0.1, 0.15) is 18.9 Å². The van der Waals surface area contributed by atoms with Crippen molar-refractivity contribution in [1.29, 1.82) is 0 Å². The monoisotopic (exact) mass is 320 g/mol. The molecule has 0 saturated carbocycles. The molecule has 0 fully saturated rings. The van der Waals surface area contributed by atoms with E-state index in [2.05, 4.69) is 4.98 Å². The van der Waals surface area contributed by atoms with Crippen LogP contribution in [0, 0.1) is 0 Å². The summed E-state index contributed by atoms with van der Waals surface area (Å²) in [5.74, 6) is 0. The van der Waals surface area contributed by atoms with Gasteiger partial charge in [0.2, 0.25) is 0 Å². The number of halogens is 3. The van der Waals surface area contributed by atoms with Gasteiger partial charge in [-0.1, -0.05) is 36.2 Å². The molecule has 104 valence electrons. The van der Waals surface area contributed by atoms with Crippen LogP contribution in [0.2, 0.25) is 10.0 Å². The van der Waals surface area contributed by atoms with E-state index in [1.165, 1.54) is 0 Å². The summed E-state index contributed by atoms with van der Waals surface area (Å²) in [6, 6.07) is 5.15. The molecule has 1 atom stereocenters. The summed E-state index contributed by atoms with van der Waals surface area (Å²) >= 11 is 12.0. The second-order valence-electron chi connectivity index (χ2n) is 4.24. The lowest BCUT2D eigenvalue weighted by atomic mass is 9.91. The minimum Gasteiger partial charge on any atom is -0.383 e. The van der Waals surface area contributed by atoms with Crippen molar-refractivity contribution in [2.75, 3.05) is 0 Å². The third-order valence-corrected chi connectivity index (χ3v) is 3.57. The Hall–Kier alpha value is -0.740. The molecule has 1 N–H and O–H groups in total. The van der Waals surface area contributed by atoms with Gasteiger partial charge in [0.25, 0.3) is 0 Å². The second kappa shape index (κ2) is 6.62. The number of imidazole rings is 1. The van der Waals surface area contributed by atoms with E-state index in [1.54, 1.807) is 30.7 Å². The zero-order chi connectivity index (χ0) is 13.2. The average molecular weight is 322 g/mol. The number of benzene rings is 1. The van der Waals surface area contributed by atoms with Gasteiger partial charge in [-0.25, -0.2) is 4.98 Å². The van der Waals surface area contributed by atoms with Crippen LogP contribution in [0.15, 0.2) is 36.9 Å².